The predicted octanol–water partition coefficient (Wildman–Crippen LogP) is 3.34. The van der Waals surface area contributed by atoms with E-state index in [-0.39, 0.29) is 5.56 Å². The van der Waals surface area contributed by atoms with Crippen LogP contribution in [0.1, 0.15) is 36.8 Å². The van der Waals surface area contributed by atoms with E-state index in [1.165, 1.54) is 6.07 Å². The fourth-order valence-electron chi connectivity index (χ4n) is 2.43. The van der Waals surface area contributed by atoms with E-state index < -0.39 is 6.43 Å². The molecule has 0 aromatic heterocycles. The van der Waals surface area contributed by atoms with Gasteiger partial charge in [-0.3, -0.25) is 0 Å². The first-order valence-corrected chi connectivity index (χ1v) is 5.77. The van der Waals surface area contributed by atoms with Gasteiger partial charge in [0.05, 0.1) is 0 Å². The monoisotopic (exact) mass is 225 g/mol. The van der Waals surface area contributed by atoms with Gasteiger partial charge >= 0.3 is 0 Å². The van der Waals surface area contributed by atoms with Crippen molar-refractivity contribution in [1.82, 2.24) is 5.32 Å². The van der Waals surface area contributed by atoms with Crippen LogP contribution in [0.25, 0.3) is 0 Å². The highest BCUT2D eigenvalue weighted by Crippen LogP contribution is 2.31. The van der Waals surface area contributed by atoms with E-state index in [2.05, 4.69) is 12.2 Å². The van der Waals surface area contributed by atoms with Crippen molar-refractivity contribution in [2.24, 2.45) is 5.92 Å². The Morgan fingerprint density at radius 1 is 1.38 bits per heavy atom. The molecule has 0 bridgehead atoms. The van der Waals surface area contributed by atoms with Crippen LogP contribution in [0.15, 0.2) is 24.3 Å². The molecule has 3 heteroatoms. The third kappa shape index (κ3) is 2.40. The van der Waals surface area contributed by atoms with E-state index >= 15 is 0 Å². The van der Waals surface area contributed by atoms with E-state index in [0.29, 0.717) is 11.8 Å². The van der Waals surface area contributed by atoms with Crippen molar-refractivity contribution < 1.29 is 8.78 Å². The van der Waals surface area contributed by atoms with Gasteiger partial charge in [-0.15, -0.1) is 0 Å². The quantitative estimate of drug-likeness (QED) is 0.814. The Morgan fingerprint density at radius 2 is 2.19 bits per heavy atom. The maximum atomic E-state index is 12.6. The number of halogens is 2. The minimum atomic E-state index is -2.36. The molecule has 1 aliphatic heterocycles. The largest absolute Gasteiger partial charge is 0.316 e. The van der Waals surface area contributed by atoms with Crippen LogP contribution in [0.2, 0.25) is 0 Å². The number of alkyl halides is 2. The number of benzene rings is 1. The molecular formula is C13H17F2N. The zero-order valence-electron chi connectivity index (χ0n) is 9.42. The van der Waals surface area contributed by atoms with Gasteiger partial charge in [-0.05, 0) is 43.0 Å². The maximum Gasteiger partial charge on any atom is 0.263 e. The van der Waals surface area contributed by atoms with Crippen LogP contribution in [-0.2, 0) is 0 Å². The van der Waals surface area contributed by atoms with Crippen LogP contribution >= 0.6 is 0 Å². The standard InChI is InChI=1S/C13H17F2N/c1-9-8-16-6-5-12(9)10-3-2-4-11(7-10)13(14)15/h2-4,7,9,12-13,16H,5-6,8H2,1H3. The highest BCUT2D eigenvalue weighted by molar-refractivity contribution is 5.28. The lowest BCUT2D eigenvalue weighted by molar-refractivity contribution is 0.151. The molecule has 1 fully saturated rings. The Hall–Kier alpha value is -0.960. The lowest BCUT2D eigenvalue weighted by atomic mass is 9.82. The van der Waals surface area contributed by atoms with E-state index in [0.717, 1.165) is 25.1 Å². The van der Waals surface area contributed by atoms with Crippen molar-refractivity contribution in [3.8, 4) is 0 Å². The van der Waals surface area contributed by atoms with Crippen LogP contribution in [0.4, 0.5) is 8.78 Å². The molecule has 1 nitrogen and oxygen atoms in total. The molecule has 2 unspecified atom stereocenters. The van der Waals surface area contributed by atoms with Crippen molar-refractivity contribution in [2.75, 3.05) is 13.1 Å². The third-order valence-corrected chi connectivity index (χ3v) is 3.38. The van der Waals surface area contributed by atoms with Crippen molar-refractivity contribution >= 4 is 0 Å². The zero-order chi connectivity index (χ0) is 11.5. The highest BCUT2D eigenvalue weighted by Gasteiger charge is 2.23. The van der Waals surface area contributed by atoms with E-state index in [9.17, 15) is 8.78 Å². The van der Waals surface area contributed by atoms with E-state index in [4.69, 9.17) is 0 Å². The fourth-order valence-corrected chi connectivity index (χ4v) is 2.43. The van der Waals surface area contributed by atoms with Gasteiger partial charge in [-0.25, -0.2) is 8.78 Å². The summed E-state index contributed by atoms with van der Waals surface area (Å²) in [6.45, 7) is 4.13. The predicted molar refractivity (Wildman–Crippen MR) is 60.8 cm³/mol. The van der Waals surface area contributed by atoms with E-state index in [1.54, 1.807) is 12.1 Å². The van der Waals surface area contributed by atoms with Crippen molar-refractivity contribution in [3.05, 3.63) is 35.4 Å². The number of piperidine rings is 1. The molecular weight excluding hydrogens is 208 g/mol. The summed E-state index contributed by atoms with van der Waals surface area (Å²) < 4.78 is 25.2. The molecule has 1 aromatic rings. The Labute approximate surface area is 94.9 Å². The van der Waals surface area contributed by atoms with Gasteiger partial charge in [0, 0.05) is 5.56 Å². The average Bonchev–Trinajstić information content (AvgIpc) is 2.30. The van der Waals surface area contributed by atoms with Gasteiger partial charge in [0.25, 0.3) is 6.43 Å². The zero-order valence-corrected chi connectivity index (χ0v) is 9.42. The molecule has 1 N–H and O–H groups in total. The molecule has 1 aromatic carbocycles. The number of rotatable bonds is 2. The van der Waals surface area contributed by atoms with Crippen LogP contribution in [-0.4, -0.2) is 13.1 Å². The lowest BCUT2D eigenvalue weighted by Gasteiger charge is -2.30. The van der Waals surface area contributed by atoms with Gasteiger partial charge in [-0.2, -0.15) is 0 Å². The topological polar surface area (TPSA) is 12.0 Å². The summed E-state index contributed by atoms with van der Waals surface area (Å²) in [7, 11) is 0. The smallest absolute Gasteiger partial charge is 0.263 e. The number of hydrogen-bond acceptors (Lipinski definition) is 1. The first-order valence-electron chi connectivity index (χ1n) is 5.77. The highest BCUT2D eigenvalue weighted by atomic mass is 19.3. The molecule has 0 spiro atoms. The summed E-state index contributed by atoms with van der Waals surface area (Å²) in [5.41, 5.74) is 1.20. The first-order chi connectivity index (χ1) is 7.68. The summed E-state index contributed by atoms with van der Waals surface area (Å²) in [4.78, 5) is 0. The average molecular weight is 225 g/mol. The Bertz CT molecular complexity index is 352. The van der Waals surface area contributed by atoms with Gasteiger partial charge in [0.2, 0.25) is 0 Å². The number of nitrogens with one attached hydrogen (secondary N) is 1. The number of hydrogen-bond donors (Lipinski definition) is 1. The first kappa shape index (κ1) is 11.5. The summed E-state index contributed by atoms with van der Waals surface area (Å²) in [6, 6.07) is 6.88. The Morgan fingerprint density at radius 3 is 2.88 bits per heavy atom. The van der Waals surface area contributed by atoms with E-state index in [1.807, 2.05) is 6.07 Å². The van der Waals surface area contributed by atoms with Crippen molar-refractivity contribution in [3.63, 3.8) is 0 Å². The second-order valence-corrected chi connectivity index (χ2v) is 4.55. The summed E-state index contributed by atoms with van der Waals surface area (Å²) >= 11 is 0. The normalized spacial score (nSPS) is 26.0. The SMILES string of the molecule is CC1CNCCC1c1cccc(C(F)F)c1. The molecule has 0 radical (unpaired) electrons. The van der Waals surface area contributed by atoms with Gasteiger partial charge in [0.1, 0.15) is 0 Å². The van der Waals surface area contributed by atoms with Gasteiger partial charge < -0.3 is 5.32 Å². The molecule has 0 aliphatic carbocycles. The van der Waals surface area contributed by atoms with Gasteiger partial charge in [-0.1, -0.05) is 25.1 Å². The summed E-state index contributed by atoms with van der Waals surface area (Å²) in [5, 5.41) is 3.32. The lowest BCUT2D eigenvalue weighted by Crippen LogP contribution is -2.33. The molecule has 0 amide bonds. The minimum absolute atomic E-state index is 0.142. The summed E-state index contributed by atoms with van der Waals surface area (Å²) in [5.74, 6) is 0.932. The Kier molecular flexibility index (Phi) is 3.54. The molecule has 2 atom stereocenters. The maximum absolute atomic E-state index is 12.6. The van der Waals surface area contributed by atoms with Crippen molar-refractivity contribution in [2.45, 2.75) is 25.7 Å². The van der Waals surface area contributed by atoms with Crippen molar-refractivity contribution in [1.29, 1.82) is 0 Å². The molecule has 1 saturated heterocycles. The minimum Gasteiger partial charge on any atom is -0.316 e. The fraction of sp³-hybridized carbons (Fsp3) is 0.538. The molecule has 0 saturated carbocycles. The molecule has 1 aliphatic rings. The van der Waals surface area contributed by atoms with Crippen LogP contribution in [0.3, 0.4) is 0 Å². The van der Waals surface area contributed by atoms with Crippen LogP contribution in [0.5, 0.6) is 0 Å². The Balaban J connectivity index is 2.21. The second-order valence-electron chi connectivity index (χ2n) is 4.55. The second kappa shape index (κ2) is 4.91. The van der Waals surface area contributed by atoms with Crippen LogP contribution < -0.4 is 5.32 Å². The molecule has 1 heterocycles. The van der Waals surface area contributed by atoms with Crippen LogP contribution in [0, 0.1) is 5.92 Å². The van der Waals surface area contributed by atoms with Gasteiger partial charge in [0.15, 0.2) is 0 Å². The molecule has 16 heavy (non-hydrogen) atoms. The molecule has 88 valence electrons. The summed E-state index contributed by atoms with van der Waals surface area (Å²) in [6.07, 6.45) is -1.33. The third-order valence-electron chi connectivity index (χ3n) is 3.38. The molecule has 2 rings (SSSR count).